The van der Waals surface area contributed by atoms with Gasteiger partial charge in [0.1, 0.15) is 6.61 Å². The Bertz CT molecular complexity index is 1360. The smallest absolute Gasteiger partial charge is 0.234 e. The molecule has 2 aromatic carbocycles. The second-order valence-electron chi connectivity index (χ2n) is 7.91. The Morgan fingerprint density at radius 3 is 2.31 bits per heavy atom. The second kappa shape index (κ2) is 11.1. The molecule has 0 bridgehead atoms. The van der Waals surface area contributed by atoms with Crippen LogP contribution in [0, 0.1) is 6.92 Å². The van der Waals surface area contributed by atoms with Gasteiger partial charge in [0.15, 0.2) is 11.6 Å². The lowest BCUT2D eigenvalue weighted by atomic mass is 10.1. The highest BCUT2D eigenvalue weighted by molar-refractivity contribution is 7.92. The van der Waals surface area contributed by atoms with Gasteiger partial charge in [0, 0.05) is 18.0 Å². The molecule has 4 rings (SSSR count). The fourth-order valence-electron chi connectivity index (χ4n) is 3.47. The van der Waals surface area contributed by atoms with Crippen molar-refractivity contribution in [3.8, 4) is 28.4 Å². The van der Waals surface area contributed by atoms with Gasteiger partial charge in [0.05, 0.1) is 17.9 Å². The number of anilines is 1. The summed E-state index contributed by atoms with van der Waals surface area (Å²) in [5.41, 5.74) is 3.70. The van der Waals surface area contributed by atoms with Crippen LogP contribution < -0.4 is 9.46 Å². The normalized spacial score (nSPS) is 11.3. The Morgan fingerprint density at radius 2 is 1.63 bits per heavy atom. The topological polar surface area (TPSA) is 114 Å². The molecular weight excluding hydrogens is 464 g/mol. The largest absolute Gasteiger partial charge is 0.475 e. The summed E-state index contributed by atoms with van der Waals surface area (Å²) in [5, 5.41) is 9.36. The molecule has 0 aliphatic rings. The first-order valence-corrected chi connectivity index (χ1v) is 12.8. The van der Waals surface area contributed by atoms with Gasteiger partial charge in [-0.1, -0.05) is 60.2 Å². The number of benzene rings is 2. The van der Waals surface area contributed by atoms with E-state index in [9.17, 15) is 13.5 Å². The Hall–Kier alpha value is -3.82. The van der Waals surface area contributed by atoms with Crippen molar-refractivity contribution in [2.45, 2.75) is 13.3 Å². The van der Waals surface area contributed by atoms with Crippen LogP contribution in [0.2, 0.25) is 0 Å². The average molecular weight is 491 g/mol. The summed E-state index contributed by atoms with van der Waals surface area (Å²) >= 11 is 0. The first-order valence-electron chi connectivity index (χ1n) is 11.1. The summed E-state index contributed by atoms with van der Waals surface area (Å²) in [6.45, 7) is 1.73. The summed E-state index contributed by atoms with van der Waals surface area (Å²) in [5.74, 6) is 0.435. The molecule has 0 aliphatic heterocycles. The first kappa shape index (κ1) is 24.3. The third kappa shape index (κ3) is 6.40. The lowest BCUT2D eigenvalue weighted by Crippen LogP contribution is -2.20. The van der Waals surface area contributed by atoms with Crippen molar-refractivity contribution in [2.75, 3.05) is 23.7 Å². The number of aliphatic hydroxyl groups is 1. The third-order valence-electron chi connectivity index (χ3n) is 5.24. The molecular formula is C26H26N4O4S. The van der Waals surface area contributed by atoms with E-state index in [0.29, 0.717) is 23.1 Å². The molecule has 35 heavy (non-hydrogen) atoms. The summed E-state index contributed by atoms with van der Waals surface area (Å²) < 4.78 is 34.7. The zero-order valence-electron chi connectivity index (χ0n) is 19.3. The molecule has 4 aromatic rings. The maximum Gasteiger partial charge on any atom is 0.234 e. The Morgan fingerprint density at radius 1 is 0.914 bits per heavy atom. The van der Waals surface area contributed by atoms with Crippen LogP contribution in [0.4, 0.5) is 5.82 Å². The molecule has 0 saturated carbocycles. The van der Waals surface area contributed by atoms with Gasteiger partial charge >= 0.3 is 0 Å². The van der Waals surface area contributed by atoms with Gasteiger partial charge in [-0.2, -0.15) is 4.98 Å². The molecule has 9 heteroatoms. The predicted octanol–water partition coefficient (Wildman–Crippen LogP) is 3.87. The van der Waals surface area contributed by atoms with Crippen molar-refractivity contribution in [1.29, 1.82) is 0 Å². The molecule has 2 heterocycles. The molecule has 0 radical (unpaired) electrons. The van der Waals surface area contributed by atoms with Crippen LogP contribution in [-0.4, -0.2) is 47.4 Å². The minimum absolute atomic E-state index is 0.00808. The van der Waals surface area contributed by atoms with E-state index >= 15 is 0 Å². The number of hydrogen-bond donors (Lipinski definition) is 2. The van der Waals surface area contributed by atoms with Crippen molar-refractivity contribution in [2.24, 2.45) is 0 Å². The Balaban J connectivity index is 1.79. The quantitative estimate of drug-likeness (QED) is 0.347. The van der Waals surface area contributed by atoms with Gasteiger partial charge in [-0.25, -0.2) is 13.4 Å². The number of aliphatic hydroxyl groups excluding tert-OH is 1. The molecule has 8 nitrogen and oxygen atoms in total. The van der Waals surface area contributed by atoms with Gasteiger partial charge < -0.3 is 9.84 Å². The molecule has 2 aromatic heterocycles. The molecule has 0 spiro atoms. The van der Waals surface area contributed by atoms with Crippen molar-refractivity contribution in [3.05, 3.63) is 90.3 Å². The number of nitrogens with zero attached hydrogens (tertiary/aromatic N) is 3. The third-order valence-corrected chi connectivity index (χ3v) is 6.49. The van der Waals surface area contributed by atoms with Gasteiger partial charge in [0.25, 0.3) is 0 Å². The Kier molecular flexibility index (Phi) is 7.69. The minimum atomic E-state index is -3.77. The maximum atomic E-state index is 13.1. The van der Waals surface area contributed by atoms with E-state index in [0.717, 1.165) is 11.1 Å². The highest BCUT2D eigenvalue weighted by atomic mass is 32.2. The van der Waals surface area contributed by atoms with Crippen LogP contribution in [0.15, 0.2) is 79.1 Å². The molecule has 0 amide bonds. The predicted molar refractivity (Wildman–Crippen MR) is 136 cm³/mol. The van der Waals surface area contributed by atoms with Gasteiger partial charge in [-0.15, -0.1) is 0 Å². The number of aromatic nitrogens is 3. The average Bonchev–Trinajstić information content (AvgIpc) is 2.88. The van der Waals surface area contributed by atoms with Crippen LogP contribution >= 0.6 is 0 Å². The zero-order valence-corrected chi connectivity index (χ0v) is 20.1. The second-order valence-corrected chi connectivity index (χ2v) is 9.75. The fourth-order valence-corrected chi connectivity index (χ4v) is 4.52. The zero-order chi connectivity index (χ0) is 24.7. The van der Waals surface area contributed by atoms with Crippen LogP contribution in [-0.2, 0) is 16.4 Å². The van der Waals surface area contributed by atoms with E-state index < -0.39 is 10.0 Å². The summed E-state index contributed by atoms with van der Waals surface area (Å²) in [7, 11) is -3.77. The number of hydrogen-bond acceptors (Lipinski definition) is 7. The van der Waals surface area contributed by atoms with Crippen LogP contribution in [0.5, 0.6) is 5.88 Å². The van der Waals surface area contributed by atoms with E-state index in [1.165, 1.54) is 0 Å². The maximum absolute atomic E-state index is 13.1. The lowest BCUT2D eigenvalue weighted by Gasteiger charge is -2.17. The molecule has 0 fully saturated rings. The molecule has 0 aliphatic carbocycles. The van der Waals surface area contributed by atoms with E-state index in [2.05, 4.69) is 19.7 Å². The SMILES string of the molecule is Cc1ccc(-c2c(NS(=O)(=O)CCc3ccccc3)nc(-c3ccncc3)nc2OCCO)cc1. The van der Waals surface area contributed by atoms with Gasteiger partial charge in [0.2, 0.25) is 15.9 Å². The van der Waals surface area contributed by atoms with E-state index in [4.69, 9.17) is 4.74 Å². The standard InChI is InChI=1S/C26H26N4O4S/c1-19-7-9-21(10-8-19)23-25(30-35(32,33)18-13-20-5-3-2-4-6-20)28-24(22-11-14-27-15-12-22)29-26(23)34-17-16-31/h2-12,14-15,31H,13,16-18H2,1H3,(H,28,29,30). The monoisotopic (exact) mass is 490 g/mol. The van der Waals surface area contributed by atoms with Crippen molar-refractivity contribution in [1.82, 2.24) is 15.0 Å². The van der Waals surface area contributed by atoms with Crippen molar-refractivity contribution in [3.63, 3.8) is 0 Å². The number of nitrogens with one attached hydrogen (secondary N) is 1. The molecule has 0 unspecified atom stereocenters. The number of rotatable bonds is 10. The van der Waals surface area contributed by atoms with Crippen LogP contribution in [0.1, 0.15) is 11.1 Å². The molecule has 2 N–H and O–H groups in total. The highest BCUT2D eigenvalue weighted by Gasteiger charge is 2.22. The minimum Gasteiger partial charge on any atom is -0.475 e. The highest BCUT2D eigenvalue weighted by Crippen LogP contribution is 2.37. The van der Waals surface area contributed by atoms with Crippen LogP contribution in [0.25, 0.3) is 22.5 Å². The molecule has 0 atom stereocenters. The van der Waals surface area contributed by atoms with Crippen molar-refractivity contribution < 1.29 is 18.3 Å². The van der Waals surface area contributed by atoms with Gasteiger partial charge in [-0.3, -0.25) is 9.71 Å². The fraction of sp³-hybridized carbons (Fsp3) is 0.192. The van der Waals surface area contributed by atoms with E-state index in [1.807, 2.05) is 61.5 Å². The first-order chi connectivity index (χ1) is 16.9. The van der Waals surface area contributed by atoms with E-state index in [-0.39, 0.29) is 36.5 Å². The summed E-state index contributed by atoms with van der Waals surface area (Å²) in [4.78, 5) is 13.2. The summed E-state index contributed by atoms with van der Waals surface area (Å²) in [6.07, 6.45) is 3.56. The van der Waals surface area contributed by atoms with Crippen molar-refractivity contribution >= 4 is 15.8 Å². The number of sulfonamides is 1. The number of aryl methyl sites for hydroxylation is 2. The summed E-state index contributed by atoms with van der Waals surface area (Å²) in [6, 6.07) is 20.4. The molecule has 180 valence electrons. The molecule has 0 saturated heterocycles. The lowest BCUT2D eigenvalue weighted by molar-refractivity contribution is 0.197. The van der Waals surface area contributed by atoms with Gasteiger partial charge in [-0.05, 0) is 36.6 Å². The van der Waals surface area contributed by atoms with Crippen LogP contribution in [0.3, 0.4) is 0 Å². The Labute approximate surface area is 204 Å². The van der Waals surface area contributed by atoms with E-state index in [1.54, 1.807) is 24.5 Å². The number of ether oxygens (including phenoxy) is 1. The number of pyridine rings is 1.